The molecule has 13 N–H and O–H groups in total. The number of nitrogens with zero attached hydrogens (tertiary/aromatic N) is 2. The number of aliphatic carboxylic acids is 1. The van der Waals surface area contributed by atoms with Gasteiger partial charge in [-0.3, -0.25) is 47.9 Å². The van der Waals surface area contributed by atoms with E-state index in [9.17, 15) is 53.1 Å². The molecule has 62 heavy (non-hydrogen) atoms. The SMILES string of the molecule is C[C@@H](O)[C@H](NC(=O)[C@@H]1CCCN1C(=O)[C@@H]1CCCN1C(=O)[C@@H](N)CS)C(=O)N[C@@H](CCC(N)=O)C(=O)N[C@@H](Cc1ccccc1)C(=O)N[C@@H](CS)C(=O)N[C@@H](CC(=O)O)C(N)=O. The van der Waals surface area contributed by atoms with Crippen molar-refractivity contribution < 1.29 is 58.2 Å². The number of nitrogens with two attached hydrogens (primary N) is 3. The van der Waals surface area contributed by atoms with Crippen molar-refractivity contribution in [2.75, 3.05) is 24.6 Å². The maximum absolute atomic E-state index is 13.9. The van der Waals surface area contributed by atoms with E-state index >= 15 is 0 Å². The number of benzene rings is 1. The highest BCUT2D eigenvalue weighted by Gasteiger charge is 2.44. The zero-order valence-electron chi connectivity index (χ0n) is 34.1. The molecule has 24 heteroatoms. The van der Waals surface area contributed by atoms with Gasteiger partial charge in [0.2, 0.25) is 53.2 Å². The number of aliphatic hydroxyl groups is 1. The molecule has 1 aromatic carbocycles. The third kappa shape index (κ3) is 14.6. The van der Waals surface area contributed by atoms with Gasteiger partial charge in [-0.2, -0.15) is 25.3 Å². The standard InChI is InChI=1S/C38H56N10O12S2/c1-19(49)30(46-35(57)26-9-5-13-47(26)38(60)27-10-6-14-48(27)37(59)21(39)17-61)36(58)42-22(11-12-28(40)50)32(54)44-24(15-20-7-3-2-4-8-20)33(55)45-25(18-62)34(56)43-23(31(41)53)16-29(51)52/h2-4,7-8,19,21-27,30,49,61-62H,5-6,9-18,39H2,1H3,(H2,40,50)(H2,41,53)(H,42,58)(H,43,56)(H,44,54)(H,45,55)(H,46,57)(H,51,52)/t19-,21+,22+,23+,24+,25+,26+,27+,30+/m1/s1. The van der Waals surface area contributed by atoms with E-state index in [4.69, 9.17) is 22.3 Å². The van der Waals surface area contributed by atoms with Crippen molar-refractivity contribution in [2.45, 2.75) is 113 Å². The van der Waals surface area contributed by atoms with Gasteiger partial charge in [-0.15, -0.1) is 0 Å². The molecule has 3 rings (SSSR count). The number of carbonyl (C=O) groups excluding carboxylic acids is 9. The first kappa shape index (κ1) is 50.9. The van der Waals surface area contributed by atoms with E-state index in [1.807, 2.05) is 0 Å². The second-order valence-electron chi connectivity index (χ2n) is 15.0. The van der Waals surface area contributed by atoms with Crippen LogP contribution in [0.15, 0.2) is 30.3 Å². The Bertz CT molecular complexity index is 1830. The lowest BCUT2D eigenvalue weighted by atomic mass is 10.0. The average Bonchev–Trinajstić information content (AvgIpc) is 3.93. The molecule has 0 aromatic heterocycles. The number of carbonyl (C=O) groups is 10. The normalized spacial score (nSPS) is 19.4. The molecule has 9 atom stereocenters. The van der Waals surface area contributed by atoms with E-state index in [1.54, 1.807) is 30.3 Å². The average molecular weight is 909 g/mol. The van der Waals surface area contributed by atoms with Gasteiger partial charge in [-0.1, -0.05) is 30.3 Å². The molecule has 0 saturated carbocycles. The molecule has 0 unspecified atom stereocenters. The lowest BCUT2D eigenvalue weighted by Gasteiger charge is -2.33. The van der Waals surface area contributed by atoms with E-state index in [1.165, 1.54) is 16.7 Å². The summed E-state index contributed by atoms with van der Waals surface area (Å²) in [4.78, 5) is 132. The van der Waals surface area contributed by atoms with Crippen LogP contribution in [0.1, 0.15) is 57.4 Å². The zero-order chi connectivity index (χ0) is 46.3. The van der Waals surface area contributed by atoms with Gasteiger partial charge in [0.1, 0.15) is 42.3 Å². The second kappa shape index (κ2) is 24.2. The summed E-state index contributed by atoms with van der Waals surface area (Å²) in [5.41, 5.74) is 17.0. The Morgan fingerprint density at radius 1 is 0.742 bits per heavy atom. The van der Waals surface area contributed by atoms with E-state index in [0.717, 1.165) is 0 Å². The number of primary amides is 2. The molecule has 0 radical (unpaired) electrons. The van der Waals surface area contributed by atoms with Gasteiger partial charge in [0.05, 0.1) is 18.6 Å². The highest BCUT2D eigenvalue weighted by atomic mass is 32.1. The smallest absolute Gasteiger partial charge is 0.305 e. The molecule has 2 saturated heterocycles. The Balaban J connectivity index is 1.81. The molecule has 2 fully saturated rings. The summed E-state index contributed by atoms with van der Waals surface area (Å²) in [6.07, 6.45) is -1.86. The van der Waals surface area contributed by atoms with Crippen molar-refractivity contribution in [3.63, 3.8) is 0 Å². The van der Waals surface area contributed by atoms with Crippen molar-refractivity contribution in [2.24, 2.45) is 17.2 Å². The number of likely N-dealkylation sites (tertiary alicyclic amines) is 2. The minimum atomic E-state index is -1.69. The molecule has 342 valence electrons. The van der Waals surface area contributed by atoms with Gasteiger partial charge >= 0.3 is 5.97 Å². The van der Waals surface area contributed by atoms with Gasteiger partial charge < -0.3 is 63.8 Å². The summed E-state index contributed by atoms with van der Waals surface area (Å²) in [5.74, 6) is -9.42. The van der Waals surface area contributed by atoms with Crippen LogP contribution in [0.3, 0.4) is 0 Å². The Morgan fingerprint density at radius 2 is 1.29 bits per heavy atom. The fraction of sp³-hybridized carbons (Fsp3) is 0.579. The number of carboxylic acids is 1. The summed E-state index contributed by atoms with van der Waals surface area (Å²) in [6.45, 7) is 1.69. The highest BCUT2D eigenvalue weighted by Crippen LogP contribution is 2.26. The third-order valence-corrected chi connectivity index (χ3v) is 11.1. The molecule has 1 aromatic rings. The number of rotatable bonds is 23. The molecule has 0 spiro atoms. The van der Waals surface area contributed by atoms with E-state index in [2.05, 4.69) is 51.8 Å². The summed E-state index contributed by atoms with van der Waals surface area (Å²) in [7, 11) is 0. The van der Waals surface area contributed by atoms with Gasteiger partial charge in [-0.25, -0.2) is 0 Å². The molecule has 2 aliphatic heterocycles. The maximum atomic E-state index is 13.9. The third-order valence-electron chi connectivity index (χ3n) is 10.3. The highest BCUT2D eigenvalue weighted by molar-refractivity contribution is 7.80. The van der Waals surface area contributed by atoms with Crippen LogP contribution in [0, 0.1) is 0 Å². The molecule has 2 heterocycles. The monoisotopic (exact) mass is 908 g/mol. The predicted molar refractivity (Wildman–Crippen MR) is 227 cm³/mol. The van der Waals surface area contributed by atoms with Crippen LogP contribution in [-0.4, -0.2) is 158 Å². The lowest BCUT2D eigenvalue weighted by Crippen LogP contribution is -2.62. The number of hydrogen-bond acceptors (Lipinski definition) is 14. The summed E-state index contributed by atoms with van der Waals surface area (Å²) >= 11 is 8.18. The minimum Gasteiger partial charge on any atom is -0.481 e. The van der Waals surface area contributed by atoms with Crippen LogP contribution in [0.25, 0.3) is 0 Å². The zero-order valence-corrected chi connectivity index (χ0v) is 35.9. The minimum absolute atomic E-state index is 0.0687. The first-order chi connectivity index (χ1) is 29.3. The molecular formula is C38H56N10O12S2. The number of aliphatic hydroxyl groups excluding tert-OH is 1. The van der Waals surface area contributed by atoms with Crippen LogP contribution < -0.4 is 43.8 Å². The molecule has 0 aliphatic carbocycles. The van der Waals surface area contributed by atoms with Crippen molar-refractivity contribution >= 4 is 84.4 Å². The summed E-state index contributed by atoms with van der Waals surface area (Å²) in [5, 5.41) is 31.7. The molecule has 22 nitrogen and oxygen atoms in total. The second-order valence-corrected chi connectivity index (χ2v) is 15.7. The van der Waals surface area contributed by atoms with Gasteiger partial charge in [-0.05, 0) is 44.6 Å². The Labute approximate surface area is 368 Å². The molecule has 9 amide bonds. The number of hydrogen-bond donors (Lipinski definition) is 12. The largest absolute Gasteiger partial charge is 0.481 e. The lowest BCUT2D eigenvalue weighted by molar-refractivity contribution is -0.147. The van der Waals surface area contributed by atoms with Crippen molar-refractivity contribution in [3.05, 3.63) is 35.9 Å². The molecular weight excluding hydrogens is 853 g/mol. The Kier molecular flexibility index (Phi) is 19.9. The van der Waals surface area contributed by atoms with Crippen LogP contribution in [-0.2, 0) is 54.4 Å². The molecule has 2 aliphatic rings. The van der Waals surface area contributed by atoms with Crippen molar-refractivity contribution in [1.29, 1.82) is 0 Å². The van der Waals surface area contributed by atoms with Crippen molar-refractivity contribution in [1.82, 2.24) is 36.4 Å². The van der Waals surface area contributed by atoms with Crippen LogP contribution in [0.4, 0.5) is 0 Å². The Morgan fingerprint density at radius 3 is 1.85 bits per heavy atom. The first-order valence-corrected chi connectivity index (χ1v) is 21.2. The van der Waals surface area contributed by atoms with Crippen LogP contribution in [0.2, 0.25) is 0 Å². The van der Waals surface area contributed by atoms with Crippen molar-refractivity contribution in [3.8, 4) is 0 Å². The fourth-order valence-electron chi connectivity index (χ4n) is 7.01. The van der Waals surface area contributed by atoms with Crippen LogP contribution >= 0.6 is 25.3 Å². The first-order valence-electron chi connectivity index (χ1n) is 19.9. The predicted octanol–water partition coefficient (Wildman–Crippen LogP) is -4.57. The van der Waals surface area contributed by atoms with E-state index in [-0.39, 0.29) is 30.9 Å². The summed E-state index contributed by atoms with van der Waals surface area (Å²) in [6, 6.07) is -2.35. The number of thiol groups is 2. The van der Waals surface area contributed by atoms with Gasteiger partial charge in [0, 0.05) is 37.4 Å². The Hall–Kier alpha value is -5.46. The van der Waals surface area contributed by atoms with Crippen LogP contribution in [0.5, 0.6) is 0 Å². The summed E-state index contributed by atoms with van der Waals surface area (Å²) < 4.78 is 0. The fourth-order valence-corrected chi connectivity index (χ4v) is 7.43. The van der Waals surface area contributed by atoms with Gasteiger partial charge in [0.25, 0.3) is 0 Å². The quantitative estimate of drug-likeness (QED) is 0.0461. The van der Waals surface area contributed by atoms with E-state index < -0.39 is 133 Å². The number of carboxylic acid groups (broad SMARTS) is 1. The number of nitrogens with one attached hydrogen (secondary N) is 5. The van der Waals surface area contributed by atoms with Gasteiger partial charge in [0.15, 0.2) is 0 Å². The van der Waals surface area contributed by atoms with E-state index in [0.29, 0.717) is 31.4 Å². The maximum Gasteiger partial charge on any atom is 0.305 e. The topological polar surface area (TPSA) is 356 Å². The number of amides is 9. The molecule has 0 bridgehead atoms.